The van der Waals surface area contributed by atoms with E-state index in [2.05, 4.69) is 21.1 Å². The third kappa shape index (κ3) is 2.38. The first-order chi connectivity index (χ1) is 10.3. The fourth-order valence-electron chi connectivity index (χ4n) is 3.97. The molecular weight excluding hydrogens is 265 g/mol. The van der Waals surface area contributed by atoms with Crippen LogP contribution in [0.2, 0.25) is 0 Å². The molecule has 1 saturated carbocycles. The first kappa shape index (κ1) is 13.0. The van der Waals surface area contributed by atoms with E-state index in [4.69, 9.17) is 0 Å². The zero-order chi connectivity index (χ0) is 14.2. The number of hydrogen-bond acceptors (Lipinski definition) is 2. The summed E-state index contributed by atoms with van der Waals surface area (Å²) < 4.78 is 15.5. The Morgan fingerprint density at radius 3 is 3.05 bits per heavy atom. The topological polar surface area (TPSA) is 29.9 Å². The lowest BCUT2D eigenvalue weighted by Gasteiger charge is -2.26. The molecule has 1 fully saturated rings. The molecule has 1 aromatic heterocycles. The molecule has 0 radical (unpaired) electrons. The van der Waals surface area contributed by atoms with Crippen LogP contribution in [-0.2, 0) is 6.42 Å². The standard InChI is InChI=1S/C17H20FN3/c18-13-5-6-14-12(10-13)4-7-15(14)20-16-2-1-3-17(16)21-9-8-19-11-21/h5-6,8-11,15-17,20H,1-4,7H2. The van der Waals surface area contributed by atoms with Gasteiger partial charge in [0.25, 0.3) is 0 Å². The monoisotopic (exact) mass is 285 g/mol. The number of imidazole rings is 1. The zero-order valence-corrected chi connectivity index (χ0v) is 12.0. The number of fused-ring (bicyclic) bond motifs is 1. The number of hydrogen-bond donors (Lipinski definition) is 1. The van der Waals surface area contributed by atoms with Crippen molar-refractivity contribution in [1.82, 2.24) is 14.9 Å². The van der Waals surface area contributed by atoms with Crippen LogP contribution in [0.5, 0.6) is 0 Å². The average molecular weight is 285 g/mol. The molecule has 2 aliphatic carbocycles. The van der Waals surface area contributed by atoms with Crippen molar-refractivity contribution in [2.75, 3.05) is 0 Å². The molecule has 2 aromatic rings. The summed E-state index contributed by atoms with van der Waals surface area (Å²) in [7, 11) is 0. The van der Waals surface area contributed by atoms with Gasteiger partial charge >= 0.3 is 0 Å². The maximum Gasteiger partial charge on any atom is 0.123 e. The van der Waals surface area contributed by atoms with Crippen molar-refractivity contribution in [3.05, 3.63) is 53.9 Å². The molecule has 3 atom stereocenters. The molecule has 3 unspecified atom stereocenters. The highest BCUT2D eigenvalue weighted by Crippen LogP contribution is 2.36. The normalized spacial score (nSPS) is 28.0. The number of benzene rings is 1. The van der Waals surface area contributed by atoms with E-state index in [1.165, 1.54) is 30.4 Å². The summed E-state index contributed by atoms with van der Waals surface area (Å²) in [5, 5.41) is 3.82. The predicted molar refractivity (Wildman–Crippen MR) is 79.5 cm³/mol. The Bertz CT molecular complexity index is 623. The third-order valence-electron chi connectivity index (χ3n) is 4.99. The van der Waals surface area contributed by atoms with Gasteiger partial charge in [-0.3, -0.25) is 0 Å². The van der Waals surface area contributed by atoms with Crippen LogP contribution in [0.15, 0.2) is 36.9 Å². The lowest BCUT2D eigenvalue weighted by atomic mass is 10.1. The Labute approximate surface area is 124 Å². The van der Waals surface area contributed by atoms with E-state index in [1.54, 1.807) is 12.1 Å². The Kier molecular flexibility index (Phi) is 3.26. The van der Waals surface area contributed by atoms with Gasteiger partial charge < -0.3 is 9.88 Å². The third-order valence-corrected chi connectivity index (χ3v) is 4.99. The molecule has 1 aromatic carbocycles. The van der Waals surface area contributed by atoms with Gasteiger partial charge in [-0.1, -0.05) is 6.07 Å². The molecule has 4 heteroatoms. The zero-order valence-electron chi connectivity index (χ0n) is 12.0. The Morgan fingerprint density at radius 2 is 2.19 bits per heavy atom. The van der Waals surface area contributed by atoms with Crippen molar-refractivity contribution in [1.29, 1.82) is 0 Å². The van der Waals surface area contributed by atoms with Crippen molar-refractivity contribution in [3.63, 3.8) is 0 Å². The van der Waals surface area contributed by atoms with Crippen molar-refractivity contribution in [3.8, 4) is 0 Å². The van der Waals surface area contributed by atoms with Crippen LogP contribution in [0.25, 0.3) is 0 Å². The highest BCUT2D eigenvalue weighted by Gasteiger charge is 2.32. The number of nitrogens with zero attached hydrogens (tertiary/aromatic N) is 2. The summed E-state index contributed by atoms with van der Waals surface area (Å²) in [4.78, 5) is 4.17. The predicted octanol–water partition coefficient (Wildman–Crippen LogP) is 3.39. The van der Waals surface area contributed by atoms with Gasteiger partial charge in [-0.15, -0.1) is 0 Å². The highest BCUT2D eigenvalue weighted by atomic mass is 19.1. The lowest BCUT2D eigenvalue weighted by molar-refractivity contribution is 0.352. The highest BCUT2D eigenvalue weighted by molar-refractivity contribution is 5.35. The van der Waals surface area contributed by atoms with Gasteiger partial charge in [0.15, 0.2) is 0 Å². The van der Waals surface area contributed by atoms with Gasteiger partial charge in [0, 0.05) is 30.5 Å². The van der Waals surface area contributed by atoms with Gasteiger partial charge in [0.1, 0.15) is 5.82 Å². The first-order valence-corrected chi connectivity index (χ1v) is 7.83. The fraction of sp³-hybridized carbons (Fsp3) is 0.471. The number of rotatable bonds is 3. The van der Waals surface area contributed by atoms with Crippen molar-refractivity contribution < 1.29 is 4.39 Å². The molecule has 110 valence electrons. The summed E-state index contributed by atoms with van der Waals surface area (Å²) >= 11 is 0. The molecule has 2 aliphatic rings. The molecular formula is C17H20FN3. The molecule has 4 rings (SSSR count). The molecule has 0 aliphatic heterocycles. The smallest absolute Gasteiger partial charge is 0.123 e. The van der Waals surface area contributed by atoms with Crippen LogP contribution < -0.4 is 5.32 Å². The Hall–Kier alpha value is -1.68. The summed E-state index contributed by atoms with van der Waals surface area (Å²) in [5.41, 5.74) is 2.46. The van der Waals surface area contributed by atoms with Crippen LogP contribution in [-0.4, -0.2) is 15.6 Å². The van der Waals surface area contributed by atoms with Crippen LogP contribution in [0.1, 0.15) is 48.9 Å². The minimum absolute atomic E-state index is 0.119. The van der Waals surface area contributed by atoms with Gasteiger partial charge in [-0.05, 0) is 55.4 Å². The quantitative estimate of drug-likeness (QED) is 0.936. The minimum Gasteiger partial charge on any atom is -0.333 e. The van der Waals surface area contributed by atoms with E-state index in [-0.39, 0.29) is 5.82 Å². The minimum atomic E-state index is -0.119. The SMILES string of the molecule is Fc1ccc2c(c1)CCC2NC1CCCC1n1ccnc1. The molecule has 0 amide bonds. The molecule has 21 heavy (non-hydrogen) atoms. The van der Waals surface area contributed by atoms with E-state index in [1.807, 2.05) is 18.6 Å². The maximum atomic E-state index is 13.3. The van der Waals surface area contributed by atoms with Crippen LogP contribution >= 0.6 is 0 Å². The van der Waals surface area contributed by atoms with E-state index in [0.29, 0.717) is 18.1 Å². The second-order valence-corrected chi connectivity index (χ2v) is 6.22. The van der Waals surface area contributed by atoms with Gasteiger partial charge in [-0.2, -0.15) is 0 Å². The molecule has 1 N–H and O–H groups in total. The number of halogens is 1. The summed E-state index contributed by atoms with van der Waals surface area (Å²) in [6.07, 6.45) is 11.5. The van der Waals surface area contributed by atoms with Gasteiger partial charge in [0.05, 0.1) is 6.33 Å². The van der Waals surface area contributed by atoms with Gasteiger partial charge in [0.2, 0.25) is 0 Å². The second-order valence-electron chi connectivity index (χ2n) is 6.22. The first-order valence-electron chi connectivity index (χ1n) is 7.83. The van der Waals surface area contributed by atoms with Crippen LogP contribution in [0, 0.1) is 5.82 Å². The van der Waals surface area contributed by atoms with E-state index in [9.17, 15) is 4.39 Å². The fourth-order valence-corrected chi connectivity index (χ4v) is 3.97. The average Bonchev–Trinajstić information content (AvgIpc) is 3.19. The maximum absolute atomic E-state index is 13.3. The molecule has 3 nitrogen and oxygen atoms in total. The molecule has 1 heterocycles. The van der Waals surface area contributed by atoms with Crippen molar-refractivity contribution >= 4 is 0 Å². The summed E-state index contributed by atoms with van der Waals surface area (Å²) in [5.74, 6) is -0.119. The lowest BCUT2D eigenvalue weighted by Crippen LogP contribution is -2.35. The molecule has 0 spiro atoms. The van der Waals surface area contributed by atoms with Crippen molar-refractivity contribution in [2.24, 2.45) is 0 Å². The number of aromatic nitrogens is 2. The Balaban J connectivity index is 1.52. The molecule has 0 bridgehead atoms. The Morgan fingerprint density at radius 1 is 1.24 bits per heavy atom. The van der Waals surface area contributed by atoms with E-state index in [0.717, 1.165) is 12.8 Å². The van der Waals surface area contributed by atoms with Gasteiger partial charge in [-0.25, -0.2) is 9.37 Å². The van der Waals surface area contributed by atoms with E-state index < -0.39 is 0 Å². The second kappa shape index (κ2) is 5.26. The summed E-state index contributed by atoms with van der Waals surface area (Å²) in [6, 6.07) is 6.59. The van der Waals surface area contributed by atoms with E-state index >= 15 is 0 Å². The molecule has 0 saturated heterocycles. The van der Waals surface area contributed by atoms with Crippen molar-refractivity contribution in [2.45, 2.75) is 50.2 Å². The number of nitrogens with one attached hydrogen (secondary N) is 1. The van der Waals surface area contributed by atoms with Crippen LogP contribution in [0.3, 0.4) is 0 Å². The largest absolute Gasteiger partial charge is 0.333 e. The summed E-state index contributed by atoms with van der Waals surface area (Å²) in [6.45, 7) is 0. The van der Waals surface area contributed by atoms with Crippen LogP contribution in [0.4, 0.5) is 4.39 Å². The number of aryl methyl sites for hydroxylation is 1.